The molecule has 1 aromatic heterocycles. The summed E-state index contributed by atoms with van der Waals surface area (Å²) in [5.41, 5.74) is 2.19. The quantitative estimate of drug-likeness (QED) is 0.811. The molecular formula is C17H20N4O. The third-order valence-electron chi connectivity index (χ3n) is 4.45. The summed E-state index contributed by atoms with van der Waals surface area (Å²) in [4.78, 5) is 9.42. The lowest BCUT2D eigenvalue weighted by Crippen LogP contribution is -2.19. The lowest BCUT2D eigenvalue weighted by atomic mass is 10.1. The zero-order valence-corrected chi connectivity index (χ0v) is 12.4. The van der Waals surface area contributed by atoms with Crippen molar-refractivity contribution in [1.29, 1.82) is 0 Å². The van der Waals surface area contributed by atoms with E-state index in [1.165, 1.54) is 5.56 Å². The van der Waals surface area contributed by atoms with Gasteiger partial charge < -0.3 is 15.7 Å². The van der Waals surface area contributed by atoms with Gasteiger partial charge in [0.05, 0.1) is 6.10 Å². The van der Waals surface area contributed by atoms with Gasteiger partial charge in [0, 0.05) is 23.7 Å². The molecule has 1 saturated carbocycles. The van der Waals surface area contributed by atoms with Crippen molar-refractivity contribution in [1.82, 2.24) is 9.97 Å². The molecule has 2 aromatic rings. The van der Waals surface area contributed by atoms with E-state index in [4.69, 9.17) is 4.98 Å². The predicted molar refractivity (Wildman–Crippen MR) is 86.9 cm³/mol. The SMILES string of the molecule is O[C@H]1CC[C@@H](Nc2nc(-c3ccccc3)nc3c2CCN3)C1. The average molecular weight is 296 g/mol. The minimum absolute atomic E-state index is 0.181. The molecule has 1 aliphatic heterocycles. The van der Waals surface area contributed by atoms with Crippen molar-refractivity contribution in [3.05, 3.63) is 35.9 Å². The van der Waals surface area contributed by atoms with Crippen LogP contribution >= 0.6 is 0 Å². The second-order valence-corrected chi connectivity index (χ2v) is 6.07. The van der Waals surface area contributed by atoms with E-state index >= 15 is 0 Å². The molecule has 0 saturated heterocycles. The van der Waals surface area contributed by atoms with Crippen molar-refractivity contribution in [3.63, 3.8) is 0 Å². The third kappa shape index (κ3) is 2.52. The minimum atomic E-state index is -0.181. The van der Waals surface area contributed by atoms with Crippen molar-refractivity contribution in [2.75, 3.05) is 17.2 Å². The molecule has 3 N–H and O–H groups in total. The van der Waals surface area contributed by atoms with Crippen LogP contribution in [0.1, 0.15) is 24.8 Å². The number of aromatic nitrogens is 2. The first-order valence-corrected chi connectivity index (χ1v) is 7.94. The normalized spacial score (nSPS) is 23.1. The van der Waals surface area contributed by atoms with E-state index < -0.39 is 0 Å². The van der Waals surface area contributed by atoms with Crippen LogP contribution in [0.5, 0.6) is 0 Å². The van der Waals surface area contributed by atoms with E-state index in [0.29, 0.717) is 6.04 Å². The van der Waals surface area contributed by atoms with Crippen molar-refractivity contribution >= 4 is 11.6 Å². The smallest absolute Gasteiger partial charge is 0.163 e. The van der Waals surface area contributed by atoms with Crippen LogP contribution < -0.4 is 10.6 Å². The first kappa shape index (κ1) is 13.5. The molecule has 4 rings (SSSR count). The molecule has 5 heteroatoms. The number of nitrogens with one attached hydrogen (secondary N) is 2. The van der Waals surface area contributed by atoms with Gasteiger partial charge in [0.2, 0.25) is 0 Å². The molecule has 22 heavy (non-hydrogen) atoms. The van der Waals surface area contributed by atoms with Gasteiger partial charge in [0.1, 0.15) is 11.6 Å². The molecule has 114 valence electrons. The number of anilines is 2. The highest BCUT2D eigenvalue weighted by molar-refractivity contribution is 5.67. The predicted octanol–water partition coefficient (Wildman–Crippen LogP) is 2.44. The first-order chi connectivity index (χ1) is 10.8. The Bertz CT molecular complexity index is 674. The summed E-state index contributed by atoms with van der Waals surface area (Å²) >= 11 is 0. The van der Waals surface area contributed by atoms with Gasteiger partial charge in [0.15, 0.2) is 5.82 Å². The van der Waals surface area contributed by atoms with Crippen molar-refractivity contribution in [3.8, 4) is 11.4 Å². The summed E-state index contributed by atoms with van der Waals surface area (Å²) in [6, 6.07) is 10.4. The van der Waals surface area contributed by atoms with Gasteiger partial charge in [-0.15, -0.1) is 0 Å². The van der Waals surface area contributed by atoms with Gasteiger partial charge in [-0.3, -0.25) is 0 Å². The Hall–Kier alpha value is -2.14. The van der Waals surface area contributed by atoms with Crippen LogP contribution in [0.4, 0.5) is 11.6 Å². The molecule has 2 aliphatic rings. The number of fused-ring (bicyclic) bond motifs is 1. The molecule has 0 bridgehead atoms. The van der Waals surface area contributed by atoms with Crippen LogP contribution in [0.3, 0.4) is 0 Å². The summed E-state index contributed by atoms with van der Waals surface area (Å²) in [6.45, 7) is 0.907. The standard InChI is InChI=1S/C17H20N4O/c22-13-7-6-12(10-13)19-17-14-8-9-18-16(14)20-15(21-17)11-4-2-1-3-5-11/h1-5,12-13,22H,6-10H2,(H2,18,19,20,21)/t12-,13+/m1/s1. The van der Waals surface area contributed by atoms with Crippen molar-refractivity contribution in [2.24, 2.45) is 0 Å². The highest BCUT2D eigenvalue weighted by Gasteiger charge is 2.26. The van der Waals surface area contributed by atoms with Crippen LogP contribution in [0.25, 0.3) is 11.4 Å². The monoisotopic (exact) mass is 296 g/mol. The summed E-state index contributed by atoms with van der Waals surface area (Å²) in [5, 5.41) is 16.6. The van der Waals surface area contributed by atoms with Crippen LogP contribution in [0.15, 0.2) is 30.3 Å². The van der Waals surface area contributed by atoms with Crippen molar-refractivity contribution in [2.45, 2.75) is 37.8 Å². The Labute approximate surface area is 129 Å². The molecule has 0 unspecified atom stereocenters. The Balaban J connectivity index is 1.69. The number of benzene rings is 1. The van der Waals surface area contributed by atoms with E-state index in [1.807, 2.05) is 30.3 Å². The molecule has 1 aliphatic carbocycles. The summed E-state index contributed by atoms with van der Waals surface area (Å²) in [5.74, 6) is 2.61. The molecule has 0 amide bonds. The second kappa shape index (κ2) is 5.57. The fraction of sp³-hybridized carbons (Fsp3) is 0.412. The minimum Gasteiger partial charge on any atom is -0.393 e. The lowest BCUT2D eigenvalue weighted by Gasteiger charge is -2.16. The number of aliphatic hydroxyl groups excluding tert-OH is 1. The van der Waals surface area contributed by atoms with Crippen molar-refractivity contribution < 1.29 is 5.11 Å². The molecule has 2 heterocycles. The zero-order valence-electron chi connectivity index (χ0n) is 12.4. The zero-order chi connectivity index (χ0) is 14.9. The van der Waals surface area contributed by atoms with E-state index in [0.717, 1.165) is 55.3 Å². The Morgan fingerprint density at radius 3 is 2.77 bits per heavy atom. The topological polar surface area (TPSA) is 70.1 Å². The fourth-order valence-corrected chi connectivity index (χ4v) is 3.29. The molecule has 5 nitrogen and oxygen atoms in total. The molecule has 0 radical (unpaired) electrons. The maximum atomic E-state index is 9.72. The van der Waals surface area contributed by atoms with Crippen LogP contribution in [0, 0.1) is 0 Å². The highest BCUT2D eigenvalue weighted by atomic mass is 16.3. The van der Waals surface area contributed by atoms with E-state index in [9.17, 15) is 5.11 Å². The Morgan fingerprint density at radius 1 is 1.14 bits per heavy atom. The van der Waals surface area contributed by atoms with Crippen LogP contribution in [-0.2, 0) is 6.42 Å². The van der Waals surface area contributed by atoms with Gasteiger partial charge in [-0.05, 0) is 25.7 Å². The molecule has 1 fully saturated rings. The van der Waals surface area contributed by atoms with Gasteiger partial charge in [-0.1, -0.05) is 30.3 Å². The van der Waals surface area contributed by atoms with E-state index in [2.05, 4.69) is 15.6 Å². The summed E-state index contributed by atoms with van der Waals surface area (Å²) in [6.07, 6.45) is 3.43. The maximum Gasteiger partial charge on any atom is 0.163 e. The van der Waals surface area contributed by atoms with Gasteiger partial charge in [-0.2, -0.15) is 0 Å². The molecule has 2 atom stereocenters. The van der Waals surface area contributed by atoms with Gasteiger partial charge >= 0.3 is 0 Å². The Morgan fingerprint density at radius 2 is 2.00 bits per heavy atom. The molecular weight excluding hydrogens is 276 g/mol. The lowest BCUT2D eigenvalue weighted by molar-refractivity contribution is 0.182. The summed E-state index contributed by atoms with van der Waals surface area (Å²) < 4.78 is 0. The summed E-state index contributed by atoms with van der Waals surface area (Å²) in [7, 11) is 0. The van der Waals surface area contributed by atoms with E-state index in [1.54, 1.807) is 0 Å². The first-order valence-electron chi connectivity index (χ1n) is 7.94. The highest BCUT2D eigenvalue weighted by Crippen LogP contribution is 2.31. The number of rotatable bonds is 3. The Kier molecular flexibility index (Phi) is 3.42. The van der Waals surface area contributed by atoms with Crippen LogP contribution in [-0.4, -0.2) is 33.8 Å². The number of hydrogen-bond acceptors (Lipinski definition) is 5. The third-order valence-corrected chi connectivity index (χ3v) is 4.45. The van der Waals surface area contributed by atoms with Crippen LogP contribution in [0.2, 0.25) is 0 Å². The molecule has 1 aromatic carbocycles. The maximum absolute atomic E-state index is 9.72. The number of hydrogen-bond donors (Lipinski definition) is 3. The van der Waals surface area contributed by atoms with E-state index in [-0.39, 0.29) is 6.10 Å². The molecule has 0 spiro atoms. The average Bonchev–Trinajstić information content (AvgIpc) is 3.17. The second-order valence-electron chi connectivity index (χ2n) is 6.07. The number of nitrogens with zero attached hydrogens (tertiary/aromatic N) is 2. The van der Waals surface area contributed by atoms with Gasteiger partial charge in [0.25, 0.3) is 0 Å². The largest absolute Gasteiger partial charge is 0.393 e. The van der Waals surface area contributed by atoms with Gasteiger partial charge in [-0.25, -0.2) is 9.97 Å². The number of aliphatic hydroxyl groups is 1. The fourth-order valence-electron chi connectivity index (χ4n) is 3.29.